The molecule has 0 amide bonds. The molecule has 814 valence electrons. The highest BCUT2D eigenvalue weighted by atomic mass is 31.2. The van der Waals surface area contributed by atoms with Gasteiger partial charge in [-0.15, -0.1) is 0 Å². The van der Waals surface area contributed by atoms with Gasteiger partial charge >= 0.3 is 31.0 Å². The summed E-state index contributed by atoms with van der Waals surface area (Å²) in [4.78, 5) is 96.3. The number of anilines is 4. The Hall–Kier alpha value is -12.6. The number of rotatable bonds is 40. The Balaban J connectivity index is 0.000000180. The number of benzene rings is 4. The van der Waals surface area contributed by atoms with Gasteiger partial charge in [0.1, 0.15) is 95.0 Å². The van der Waals surface area contributed by atoms with Gasteiger partial charge in [0.05, 0.1) is 106 Å². The fourth-order valence-electron chi connectivity index (χ4n) is 15.0. The second-order valence-corrected chi connectivity index (χ2v) is 41.1. The normalized spacial score (nSPS) is 26.4. The van der Waals surface area contributed by atoms with Gasteiger partial charge in [0.25, 0.3) is 0 Å². The van der Waals surface area contributed by atoms with Crippen LogP contribution >= 0.6 is 31.0 Å². The van der Waals surface area contributed by atoms with Crippen molar-refractivity contribution in [3.05, 3.63) is 147 Å². The number of nitrogens with zero attached hydrogens (tertiary/aromatic N) is 16. The monoisotopic (exact) mass is 2190 g/mol. The third-order valence-electron chi connectivity index (χ3n) is 23.2. The van der Waals surface area contributed by atoms with E-state index in [-0.39, 0.29) is 127 Å². The van der Waals surface area contributed by atoms with Gasteiger partial charge in [0.15, 0.2) is 92.2 Å². The number of para-hydroxylation sites is 4. The van der Waals surface area contributed by atoms with Gasteiger partial charge in [-0.05, 0) is 132 Å². The summed E-state index contributed by atoms with van der Waals surface area (Å²) in [6.45, 7) is 12.1. The number of fused-ring (bicyclic) bond motifs is 4. The largest absolute Gasteiger partial charge is 0.479 e. The lowest BCUT2D eigenvalue weighted by molar-refractivity contribution is -0.119. The van der Waals surface area contributed by atoms with Crippen molar-refractivity contribution in [3.8, 4) is 46.5 Å². The number of alkyl halides is 4. The molecule has 8 aromatic heterocycles. The third kappa shape index (κ3) is 26.6. The van der Waals surface area contributed by atoms with Crippen molar-refractivity contribution < 1.29 is 155 Å². The molecule has 4 fully saturated rings. The molecule has 0 spiro atoms. The number of nitrogen functional groups attached to an aromatic ring is 4. The van der Waals surface area contributed by atoms with Crippen molar-refractivity contribution in [3.63, 3.8) is 0 Å². The van der Waals surface area contributed by atoms with E-state index in [1.165, 1.54) is 131 Å². The Morgan fingerprint density at radius 1 is 0.380 bits per heavy atom. The van der Waals surface area contributed by atoms with Gasteiger partial charge in [-0.1, -0.05) is 86.6 Å². The smallest absolute Gasteiger partial charge is 0.459 e. The van der Waals surface area contributed by atoms with E-state index in [0.717, 1.165) is 41.5 Å². The molecular weight excluding hydrogens is 2070 g/mol. The van der Waals surface area contributed by atoms with Gasteiger partial charge in [0.2, 0.25) is 47.3 Å². The fraction of sp³-hybridized carbons (Fsp3) is 0.467. The van der Waals surface area contributed by atoms with E-state index in [9.17, 15) is 57.9 Å². The molecule has 0 bridgehead atoms. The first-order chi connectivity index (χ1) is 72.3. The Morgan fingerprint density at radius 2 is 0.587 bits per heavy atom. The van der Waals surface area contributed by atoms with Crippen molar-refractivity contribution >= 4 is 123 Å². The molecular formula is C90H118F4N24O28P4. The highest BCUT2D eigenvalue weighted by Gasteiger charge is 2.61. The summed E-state index contributed by atoms with van der Waals surface area (Å²) in [5.74, 6) is -1.84. The zero-order valence-corrected chi connectivity index (χ0v) is 87.3. The van der Waals surface area contributed by atoms with Crippen molar-refractivity contribution in [1.82, 2.24) is 98.4 Å². The molecule has 60 heteroatoms. The molecule has 4 aromatic carbocycles. The van der Waals surface area contributed by atoms with Crippen LogP contribution in [0.15, 0.2) is 147 Å². The van der Waals surface area contributed by atoms with E-state index in [0.29, 0.717) is 0 Å². The van der Waals surface area contributed by atoms with Gasteiger partial charge in [0, 0.05) is 4.11 Å². The van der Waals surface area contributed by atoms with Crippen molar-refractivity contribution in [2.45, 2.75) is 217 Å². The molecule has 4 aliphatic rings. The molecule has 0 saturated carbocycles. The van der Waals surface area contributed by atoms with E-state index < -0.39 is 196 Å². The van der Waals surface area contributed by atoms with Gasteiger partial charge in [-0.25, -0.2) is 76.1 Å². The number of hydrogen-bond acceptors (Lipinski definition) is 44. The van der Waals surface area contributed by atoms with Crippen LogP contribution in [0.5, 0.6) is 46.5 Å². The molecule has 0 radical (unpaired) electrons. The molecule has 16 rings (SSSR count). The Bertz CT molecular complexity index is 6900. The van der Waals surface area contributed by atoms with Crippen molar-refractivity contribution in [2.24, 2.45) is 0 Å². The SMILES string of the molecule is CC.COc1nc(N)nc2c1ncn2[C@@H]1O[C@H](COP(=O)(N[C@@H](C)C(C)=O)Oc2ccccc2)[C@@H](O)[C@@]1(C)F.COc1nc(N)nc2c1ncn2[C@@H]1O[C@H](COP(=O)(N[C@@H](C)C(C)=O)Oc2ccccc2)[C@@H](O)[C@@]1(C)F.[2H]C([2H])([2H])[C@H](NP(=O)(OC[C@H]1O[C@@H](n2cnc3c(OC)nc(N)nc32)[C@](C)(F)[C@@H]1O)Oc1ccccc1)C(C)=O.[2H][C@@](C)(NP(=O)(OC[C@H]1O[C@@H](n2cnc3c(OC)nc(N)nc32)[C@](C)(F)[C@@H]1O)Oc1ccccc1)C(C)=O. The number of carbonyl (C=O) groups excluding carboxylic acids is 4. The first kappa shape index (κ1) is 110. The highest BCUT2D eigenvalue weighted by molar-refractivity contribution is 7.53. The topological polar surface area (TPSA) is 692 Å². The number of aliphatic hydroxyl groups excluding tert-OH is 4. The molecule has 16 N–H and O–H groups in total. The molecule has 12 heterocycles. The number of Topliss-reactive ketones (excluding diaryl/α,β-unsaturated/α-hetero) is 4. The van der Waals surface area contributed by atoms with Gasteiger partial charge < -0.3 is 99.4 Å². The second-order valence-electron chi connectivity index (χ2n) is 34.3. The molecule has 4 saturated heterocycles. The average Bonchev–Trinajstić information content (AvgIpc) is 1.60. The Kier molecular flexibility index (Phi) is 35.5. The lowest BCUT2D eigenvalue weighted by Gasteiger charge is -2.25. The van der Waals surface area contributed by atoms with Crippen LogP contribution < -0.4 is 80.3 Å². The molecule has 0 aliphatic carbocycles. The number of aliphatic hydroxyl groups is 4. The molecule has 24 atom stereocenters. The van der Waals surface area contributed by atoms with Gasteiger partial charge in [-0.2, -0.15) is 39.9 Å². The first-order valence-corrected chi connectivity index (χ1v) is 51.9. The number of hydrogen-bond donors (Lipinski definition) is 12. The summed E-state index contributed by atoms with van der Waals surface area (Å²) in [6, 6.07) is 26.2. The number of carbonyl (C=O) groups is 4. The number of nitrogens with two attached hydrogens (primary N) is 4. The molecule has 52 nitrogen and oxygen atoms in total. The summed E-state index contributed by atoms with van der Waals surface area (Å²) in [5.41, 5.74) is 14.6. The average molecular weight is 2190 g/mol. The Morgan fingerprint density at radius 3 is 0.780 bits per heavy atom. The predicted octanol–water partition coefficient (Wildman–Crippen LogP) is 9.72. The van der Waals surface area contributed by atoms with Crippen LogP contribution in [0, 0.1) is 0 Å². The van der Waals surface area contributed by atoms with Crippen LogP contribution in [0.2, 0.25) is 0 Å². The maximum Gasteiger partial charge on any atom is 0.459 e. The third-order valence-corrected chi connectivity index (χ3v) is 29.6. The summed E-state index contributed by atoms with van der Waals surface area (Å²) in [5, 5.41) is 52.7. The quantitative estimate of drug-likeness (QED) is 0.0125. The minimum atomic E-state index is -4.62. The standard InChI is InChI=1S/4C22H28FN6O7P.C2H6/c4*1-12(13(2)30)28-37(32,36-14-8-6-5-7-9-14)34-10-15-17(31)22(3,23)20(35-15)29-11-25-16-18(29)26-21(24)27-19(16)33-4;1-2/h4*5-9,11-12,15,17,20,31H,10H2,1-4H3,(H,28,32)(H2,24,26,27);1-2H3/t4*12-,15+,17+,20+,22+,37?;/m0000./s1/i12D;1D3;;;. The second kappa shape index (κ2) is 48.3. The van der Waals surface area contributed by atoms with Crippen molar-refractivity contribution in [2.75, 3.05) is 77.8 Å². The number of methoxy groups -OCH3 is 4. The first-order valence-electron chi connectivity index (χ1n) is 47.7. The van der Waals surface area contributed by atoms with Crippen molar-refractivity contribution in [1.29, 1.82) is 0 Å². The number of ether oxygens (including phenoxy) is 8. The van der Waals surface area contributed by atoms with E-state index in [1.807, 2.05) is 13.8 Å². The number of imidazole rings is 4. The summed E-state index contributed by atoms with van der Waals surface area (Å²) >= 11 is 0. The highest BCUT2D eigenvalue weighted by Crippen LogP contribution is 2.55. The number of halogens is 4. The predicted molar refractivity (Wildman–Crippen MR) is 530 cm³/mol. The van der Waals surface area contributed by atoms with Crippen LogP contribution in [0.1, 0.15) is 127 Å². The zero-order valence-electron chi connectivity index (χ0n) is 87.7. The maximum absolute atomic E-state index is 15.9. The van der Waals surface area contributed by atoms with Gasteiger partial charge in [-0.3, -0.25) is 55.5 Å². The van der Waals surface area contributed by atoms with E-state index >= 15 is 17.6 Å². The summed E-state index contributed by atoms with van der Waals surface area (Å²) in [6.07, 6.45) is -13.1. The molecule has 4 unspecified atom stereocenters. The number of ketones is 4. The molecule has 150 heavy (non-hydrogen) atoms. The van der Waals surface area contributed by atoms with Crippen LogP contribution in [0.4, 0.5) is 41.4 Å². The minimum absolute atomic E-state index is 0.0309. The van der Waals surface area contributed by atoms with Crippen LogP contribution in [0.3, 0.4) is 0 Å². The molecule has 12 aromatic rings. The summed E-state index contributed by atoms with van der Waals surface area (Å²) in [7, 11) is -11.9. The van der Waals surface area contributed by atoms with Crippen LogP contribution in [0.25, 0.3) is 44.7 Å². The Labute approximate surface area is 860 Å². The zero-order chi connectivity index (χ0) is 113. The fourth-order valence-corrected chi connectivity index (χ4v) is 21.0. The molecule has 4 aliphatic heterocycles. The van der Waals surface area contributed by atoms with E-state index in [1.54, 1.807) is 97.1 Å². The number of nitrogens with one attached hydrogen (secondary N) is 4. The van der Waals surface area contributed by atoms with Crippen LogP contribution in [-0.4, -0.2) is 272 Å². The minimum Gasteiger partial charge on any atom is -0.479 e. The van der Waals surface area contributed by atoms with E-state index in [2.05, 4.69) is 80.2 Å². The van der Waals surface area contributed by atoms with Crippen LogP contribution in [-0.2, 0) is 74.5 Å². The maximum atomic E-state index is 15.9. The summed E-state index contributed by atoms with van der Waals surface area (Å²) < 4.78 is 242. The lowest BCUT2D eigenvalue weighted by Crippen LogP contribution is -2.41. The lowest BCUT2D eigenvalue weighted by atomic mass is 9.98. The van der Waals surface area contributed by atoms with E-state index in [4.69, 9.17) is 103 Å². The number of aromatic nitrogens is 16.